The lowest BCUT2D eigenvalue weighted by molar-refractivity contribution is 0.0952. The Hall–Kier alpha value is -2.63. The summed E-state index contributed by atoms with van der Waals surface area (Å²) in [5.74, 6) is -0.187. The van der Waals surface area contributed by atoms with Crippen LogP contribution >= 0.6 is 0 Å². The van der Waals surface area contributed by atoms with Gasteiger partial charge in [-0.1, -0.05) is 12.1 Å². The highest BCUT2D eigenvalue weighted by Crippen LogP contribution is 2.20. The number of rotatable bonds is 2. The summed E-state index contributed by atoms with van der Waals surface area (Å²) in [6.45, 7) is 0. The van der Waals surface area contributed by atoms with Gasteiger partial charge in [-0.3, -0.25) is 9.59 Å². The van der Waals surface area contributed by atoms with E-state index in [4.69, 9.17) is 0 Å². The average molecular weight is 268 g/mol. The molecule has 1 fully saturated rings. The number of benzene rings is 1. The zero-order valence-corrected chi connectivity index (χ0v) is 10.6. The molecule has 1 amide bonds. The summed E-state index contributed by atoms with van der Waals surface area (Å²) in [5, 5.41) is 7.68. The second kappa shape index (κ2) is 3.93. The van der Waals surface area contributed by atoms with Crippen LogP contribution in [-0.4, -0.2) is 26.5 Å². The Morgan fingerprint density at radius 1 is 1.35 bits per heavy atom. The Morgan fingerprint density at radius 2 is 2.15 bits per heavy atom. The standard InChI is InChI=1S/C14H12N4O2/c19-13-9-3-1-2-4-11(9)18-12(17-13)10(7-15-18)14(20)16-8-5-6-8/h1-4,7-8H,5-6H2,(H,16,20)(H,17,19). The van der Waals surface area contributed by atoms with Crippen LogP contribution in [0.2, 0.25) is 0 Å². The van der Waals surface area contributed by atoms with Gasteiger partial charge in [-0.2, -0.15) is 5.10 Å². The number of carbonyl (C=O) groups excluding carboxylic acids is 1. The normalized spacial score (nSPS) is 14.8. The Labute approximate surface area is 113 Å². The quantitative estimate of drug-likeness (QED) is 0.729. The summed E-state index contributed by atoms with van der Waals surface area (Å²) >= 11 is 0. The number of nitrogens with zero attached hydrogens (tertiary/aromatic N) is 2. The summed E-state index contributed by atoms with van der Waals surface area (Å²) in [6.07, 6.45) is 3.53. The van der Waals surface area contributed by atoms with Crippen LogP contribution in [0.5, 0.6) is 0 Å². The number of nitrogens with one attached hydrogen (secondary N) is 2. The number of hydrogen-bond acceptors (Lipinski definition) is 3. The van der Waals surface area contributed by atoms with E-state index in [0.29, 0.717) is 22.1 Å². The number of aromatic nitrogens is 3. The van der Waals surface area contributed by atoms with Gasteiger partial charge in [0.25, 0.3) is 11.5 Å². The number of carbonyl (C=O) groups is 1. The van der Waals surface area contributed by atoms with Gasteiger partial charge in [0.2, 0.25) is 0 Å². The third-order valence-electron chi connectivity index (χ3n) is 3.54. The maximum absolute atomic E-state index is 12.1. The van der Waals surface area contributed by atoms with Crippen LogP contribution < -0.4 is 10.9 Å². The summed E-state index contributed by atoms with van der Waals surface area (Å²) < 4.78 is 1.60. The summed E-state index contributed by atoms with van der Waals surface area (Å²) in [5.41, 5.74) is 1.32. The first kappa shape index (κ1) is 11.2. The van der Waals surface area contributed by atoms with Crippen molar-refractivity contribution in [1.82, 2.24) is 19.9 Å². The molecule has 1 aliphatic carbocycles. The lowest BCUT2D eigenvalue weighted by Gasteiger charge is -2.03. The first-order valence-corrected chi connectivity index (χ1v) is 6.53. The molecule has 2 heterocycles. The molecule has 6 heteroatoms. The minimum atomic E-state index is -0.214. The van der Waals surface area contributed by atoms with E-state index < -0.39 is 0 Å². The van der Waals surface area contributed by atoms with Crippen molar-refractivity contribution in [2.24, 2.45) is 0 Å². The smallest absolute Gasteiger partial charge is 0.259 e. The molecule has 2 aromatic heterocycles. The average Bonchev–Trinajstić information content (AvgIpc) is 3.16. The van der Waals surface area contributed by atoms with Crippen molar-refractivity contribution < 1.29 is 4.79 Å². The molecule has 20 heavy (non-hydrogen) atoms. The van der Waals surface area contributed by atoms with Crippen molar-refractivity contribution in [3.63, 3.8) is 0 Å². The molecule has 1 aromatic carbocycles. The molecule has 0 spiro atoms. The number of para-hydroxylation sites is 1. The fourth-order valence-electron chi connectivity index (χ4n) is 2.33. The fraction of sp³-hybridized carbons (Fsp3) is 0.214. The molecule has 6 nitrogen and oxygen atoms in total. The second-order valence-electron chi connectivity index (χ2n) is 5.04. The molecule has 4 rings (SSSR count). The first-order chi connectivity index (χ1) is 9.74. The van der Waals surface area contributed by atoms with Gasteiger partial charge in [0.1, 0.15) is 11.2 Å². The van der Waals surface area contributed by atoms with Crippen molar-refractivity contribution in [2.45, 2.75) is 18.9 Å². The van der Waals surface area contributed by atoms with Gasteiger partial charge >= 0.3 is 0 Å². The fourth-order valence-corrected chi connectivity index (χ4v) is 2.33. The van der Waals surface area contributed by atoms with E-state index in [1.165, 1.54) is 6.20 Å². The molecule has 2 N–H and O–H groups in total. The molecular formula is C14H12N4O2. The topological polar surface area (TPSA) is 79.3 Å². The van der Waals surface area contributed by atoms with Gasteiger partial charge in [0, 0.05) is 6.04 Å². The lowest BCUT2D eigenvalue weighted by atomic mass is 10.2. The molecule has 3 aromatic rings. The van der Waals surface area contributed by atoms with Gasteiger partial charge < -0.3 is 10.3 Å². The van der Waals surface area contributed by atoms with Crippen molar-refractivity contribution >= 4 is 22.5 Å². The Balaban J connectivity index is 1.96. The maximum atomic E-state index is 12.1. The summed E-state index contributed by atoms with van der Waals surface area (Å²) in [7, 11) is 0. The molecule has 0 saturated heterocycles. The highest BCUT2D eigenvalue weighted by atomic mass is 16.2. The third-order valence-corrected chi connectivity index (χ3v) is 3.54. The Bertz CT molecular complexity index is 889. The highest BCUT2D eigenvalue weighted by Gasteiger charge is 2.25. The molecule has 0 radical (unpaired) electrons. The van der Waals surface area contributed by atoms with E-state index in [9.17, 15) is 9.59 Å². The van der Waals surface area contributed by atoms with E-state index in [0.717, 1.165) is 12.8 Å². The summed E-state index contributed by atoms with van der Waals surface area (Å²) in [4.78, 5) is 26.9. The number of fused-ring (bicyclic) bond motifs is 3. The van der Waals surface area contributed by atoms with Crippen molar-refractivity contribution in [2.75, 3.05) is 0 Å². The molecule has 100 valence electrons. The zero-order chi connectivity index (χ0) is 13.7. The van der Waals surface area contributed by atoms with Crippen molar-refractivity contribution in [3.05, 3.63) is 46.4 Å². The lowest BCUT2D eigenvalue weighted by Crippen LogP contribution is -2.25. The van der Waals surface area contributed by atoms with Gasteiger partial charge in [-0.15, -0.1) is 0 Å². The second-order valence-corrected chi connectivity index (χ2v) is 5.04. The number of H-pyrrole nitrogens is 1. The van der Waals surface area contributed by atoms with Crippen LogP contribution in [0.3, 0.4) is 0 Å². The number of aromatic amines is 1. The van der Waals surface area contributed by atoms with Crippen LogP contribution in [0.15, 0.2) is 35.3 Å². The van der Waals surface area contributed by atoms with Crippen molar-refractivity contribution in [3.8, 4) is 0 Å². The van der Waals surface area contributed by atoms with Gasteiger partial charge in [-0.05, 0) is 25.0 Å². The molecule has 0 unspecified atom stereocenters. The van der Waals surface area contributed by atoms with E-state index in [1.54, 1.807) is 16.6 Å². The van der Waals surface area contributed by atoms with Crippen LogP contribution in [-0.2, 0) is 0 Å². The molecular weight excluding hydrogens is 256 g/mol. The predicted molar refractivity (Wildman–Crippen MR) is 73.8 cm³/mol. The van der Waals surface area contributed by atoms with Crippen LogP contribution in [0.1, 0.15) is 23.2 Å². The maximum Gasteiger partial charge on any atom is 0.259 e. The number of amides is 1. The largest absolute Gasteiger partial charge is 0.349 e. The van der Waals surface area contributed by atoms with E-state index >= 15 is 0 Å². The molecule has 1 aliphatic rings. The van der Waals surface area contributed by atoms with E-state index in [1.807, 2.05) is 12.1 Å². The predicted octanol–water partition coefficient (Wildman–Crippen LogP) is 1.07. The molecule has 0 atom stereocenters. The van der Waals surface area contributed by atoms with Crippen LogP contribution in [0.4, 0.5) is 0 Å². The third kappa shape index (κ3) is 1.61. The SMILES string of the molecule is O=C(NC1CC1)c1cnn2c1[nH]c(=O)c1ccccc12. The highest BCUT2D eigenvalue weighted by molar-refractivity contribution is 6.00. The van der Waals surface area contributed by atoms with Crippen molar-refractivity contribution in [1.29, 1.82) is 0 Å². The molecule has 0 aliphatic heterocycles. The molecule has 1 saturated carbocycles. The van der Waals surface area contributed by atoms with Crippen LogP contribution in [0, 0.1) is 0 Å². The van der Waals surface area contributed by atoms with E-state index in [2.05, 4.69) is 15.4 Å². The monoisotopic (exact) mass is 268 g/mol. The van der Waals surface area contributed by atoms with Gasteiger partial charge in [0.15, 0.2) is 0 Å². The molecule has 0 bridgehead atoms. The van der Waals surface area contributed by atoms with Gasteiger partial charge in [-0.25, -0.2) is 4.52 Å². The minimum Gasteiger partial charge on any atom is -0.349 e. The minimum absolute atomic E-state index is 0.187. The number of hydrogen-bond donors (Lipinski definition) is 2. The van der Waals surface area contributed by atoms with Crippen LogP contribution in [0.25, 0.3) is 16.6 Å². The van der Waals surface area contributed by atoms with E-state index in [-0.39, 0.29) is 17.5 Å². The Morgan fingerprint density at radius 3 is 2.95 bits per heavy atom. The van der Waals surface area contributed by atoms with Gasteiger partial charge in [0.05, 0.1) is 17.1 Å². The summed E-state index contributed by atoms with van der Waals surface area (Å²) in [6, 6.07) is 7.46. The zero-order valence-electron chi connectivity index (χ0n) is 10.6. The Kier molecular flexibility index (Phi) is 2.20. The first-order valence-electron chi connectivity index (χ1n) is 6.53.